The normalized spacial score (nSPS) is 18.8. The van der Waals surface area contributed by atoms with Gasteiger partial charge in [0.2, 0.25) is 0 Å². The van der Waals surface area contributed by atoms with Crippen LogP contribution in [0.5, 0.6) is 0 Å². The Balaban J connectivity index is 2.27. The van der Waals surface area contributed by atoms with Crippen molar-refractivity contribution in [1.29, 1.82) is 5.26 Å². The van der Waals surface area contributed by atoms with Crippen LogP contribution in [-0.2, 0) is 14.3 Å². The van der Waals surface area contributed by atoms with Gasteiger partial charge in [-0.1, -0.05) is 12.1 Å². The Bertz CT molecular complexity index is 522. The zero-order valence-electron chi connectivity index (χ0n) is 11.0. The highest BCUT2D eigenvalue weighted by Crippen LogP contribution is 2.26. The van der Waals surface area contributed by atoms with E-state index in [0.717, 1.165) is 11.3 Å². The Labute approximate surface area is 112 Å². The number of hydrogen-bond donors (Lipinski definition) is 0. The molecule has 5 nitrogen and oxygen atoms in total. The lowest BCUT2D eigenvalue weighted by molar-refractivity contribution is -0.154. The van der Waals surface area contributed by atoms with Gasteiger partial charge >= 0.3 is 5.97 Å². The van der Waals surface area contributed by atoms with E-state index in [2.05, 4.69) is 6.07 Å². The van der Waals surface area contributed by atoms with Crippen molar-refractivity contribution < 1.29 is 14.3 Å². The average molecular weight is 260 g/mol. The summed E-state index contributed by atoms with van der Waals surface area (Å²) in [4.78, 5) is 13.6. The summed E-state index contributed by atoms with van der Waals surface area (Å²) in [6.07, 6.45) is -0.593. The standard InChI is InChI=1S/C14H16N2O3/c1-10-4-3-5-11(8-15)13(10)16-6-7-19-12(9-16)14(17)18-2/h3-5,12H,6-7,9H2,1-2H3. The van der Waals surface area contributed by atoms with Gasteiger partial charge in [0.25, 0.3) is 0 Å². The first-order valence-corrected chi connectivity index (χ1v) is 6.11. The number of carbonyl (C=O) groups excluding carboxylic acids is 1. The van der Waals surface area contributed by atoms with Gasteiger partial charge in [-0.05, 0) is 18.6 Å². The molecule has 1 aliphatic heterocycles. The molecule has 1 aromatic carbocycles. The van der Waals surface area contributed by atoms with E-state index in [0.29, 0.717) is 25.3 Å². The van der Waals surface area contributed by atoms with Gasteiger partial charge in [-0.2, -0.15) is 5.26 Å². The topological polar surface area (TPSA) is 62.6 Å². The summed E-state index contributed by atoms with van der Waals surface area (Å²) in [7, 11) is 1.35. The Hall–Kier alpha value is -2.06. The van der Waals surface area contributed by atoms with Crippen LogP contribution in [0, 0.1) is 18.3 Å². The van der Waals surface area contributed by atoms with Crippen LogP contribution < -0.4 is 4.90 Å². The highest BCUT2D eigenvalue weighted by molar-refractivity contribution is 5.76. The van der Waals surface area contributed by atoms with Crippen LogP contribution in [0.25, 0.3) is 0 Å². The van der Waals surface area contributed by atoms with E-state index >= 15 is 0 Å². The van der Waals surface area contributed by atoms with Crippen molar-refractivity contribution in [2.75, 3.05) is 31.7 Å². The molecule has 0 aliphatic carbocycles. The maximum atomic E-state index is 11.5. The van der Waals surface area contributed by atoms with Gasteiger partial charge < -0.3 is 14.4 Å². The van der Waals surface area contributed by atoms with Crippen molar-refractivity contribution >= 4 is 11.7 Å². The Morgan fingerprint density at radius 2 is 2.37 bits per heavy atom. The van der Waals surface area contributed by atoms with E-state index in [1.165, 1.54) is 7.11 Å². The van der Waals surface area contributed by atoms with Gasteiger partial charge in [0, 0.05) is 6.54 Å². The largest absolute Gasteiger partial charge is 0.467 e. The summed E-state index contributed by atoms with van der Waals surface area (Å²) in [5, 5.41) is 9.20. The summed E-state index contributed by atoms with van der Waals surface area (Å²) < 4.78 is 10.1. The van der Waals surface area contributed by atoms with Crippen LogP contribution >= 0.6 is 0 Å². The number of esters is 1. The predicted molar refractivity (Wildman–Crippen MR) is 69.9 cm³/mol. The van der Waals surface area contributed by atoms with Crippen molar-refractivity contribution in [1.82, 2.24) is 0 Å². The zero-order valence-corrected chi connectivity index (χ0v) is 11.0. The van der Waals surface area contributed by atoms with Gasteiger partial charge in [-0.15, -0.1) is 0 Å². The predicted octanol–water partition coefficient (Wildman–Crippen LogP) is 1.24. The SMILES string of the molecule is COC(=O)C1CN(c2c(C)cccc2C#N)CCO1. The molecule has 0 spiro atoms. The number of nitriles is 1. The van der Waals surface area contributed by atoms with Gasteiger partial charge in [0.15, 0.2) is 6.10 Å². The van der Waals surface area contributed by atoms with E-state index in [1.807, 2.05) is 24.0 Å². The number of anilines is 1. The summed E-state index contributed by atoms with van der Waals surface area (Å²) in [5.74, 6) is -0.378. The minimum Gasteiger partial charge on any atom is -0.467 e. The summed E-state index contributed by atoms with van der Waals surface area (Å²) in [6, 6.07) is 7.79. The molecule has 0 aromatic heterocycles. The quantitative estimate of drug-likeness (QED) is 0.749. The zero-order chi connectivity index (χ0) is 13.8. The van der Waals surface area contributed by atoms with Gasteiger partial charge in [-0.25, -0.2) is 4.79 Å². The van der Waals surface area contributed by atoms with Crippen LogP contribution in [0.15, 0.2) is 18.2 Å². The summed E-state index contributed by atoms with van der Waals surface area (Å²) >= 11 is 0. The summed E-state index contributed by atoms with van der Waals surface area (Å²) in [6.45, 7) is 3.47. The summed E-state index contributed by atoms with van der Waals surface area (Å²) in [5.41, 5.74) is 2.51. The van der Waals surface area contributed by atoms with Crippen LogP contribution in [0.2, 0.25) is 0 Å². The molecule has 1 atom stereocenters. The van der Waals surface area contributed by atoms with E-state index in [4.69, 9.17) is 9.47 Å². The average Bonchev–Trinajstić information content (AvgIpc) is 2.46. The second-order valence-electron chi connectivity index (χ2n) is 4.41. The molecule has 0 amide bonds. The lowest BCUT2D eigenvalue weighted by Gasteiger charge is -2.34. The molecule has 0 radical (unpaired) electrons. The molecule has 100 valence electrons. The lowest BCUT2D eigenvalue weighted by atomic mass is 10.1. The molecule has 1 aliphatic rings. The van der Waals surface area contributed by atoms with Gasteiger partial charge in [-0.3, -0.25) is 0 Å². The Kier molecular flexibility index (Phi) is 4.03. The molecule has 19 heavy (non-hydrogen) atoms. The molecule has 0 N–H and O–H groups in total. The fraction of sp³-hybridized carbons (Fsp3) is 0.429. The number of morpholine rings is 1. The number of aryl methyl sites for hydroxylation is 1. The number of carbonyl (C=O) groups is 1. The van der Waals surface area contributed by atoms with Crippen molar-refractivity contribution in [2.24, 2.45) is 0 Å². The van der Waals surface area contributed by atoms with E-state index < -0.39 is 6.10 Å². The van der Waals surface area contributed by atoms with Gasteiger partial charge in [0.05, 0.1) is 31.5 Å². The molecule has 5 heteroatoms. The molecular formula is C14H16N2O3. The number of benzene rings is 1. The molecule has 1 unspecified atom stereocenters. The third-order valence-electron chi connectivity index (χ3n) is 3.20. The minimum atomic E-state index is -0.593. The minimum absolute atomic E-state index is 0.378. The second kappa shape index (κ2) is 5.72. The number of ether oxygens (including phenoxy) is 2. The highest BCUT2D eigenvalue weighted by atomic mass is 16.6. The van der Waals surface area contributed by atoms with Crippen LogP contribution in [-0.4, -0.2) is 38.9 Å². The fourth-order valence-electron chi connectivity index (χ4n) is 2.30. The van der Waals surface area contributed by atoms with Gasteiger partial charge in [0.1, 0.15) is 6.07 Å². The maximum Gasteiger partial charge on any atom is 0.336 e. The third-order valence-corrected chi connectivity index (χ3v) is 3.20. The van der Waals surface area contributed by atoms with Crippen molar-refractivity contribution in [3.8, 4) is 6.07 Å². The van der Waals surface area contributed by atoms with Crippen LogP contribution in [0.3, 0.4) is 0 Å². The smallest absolute Gasteiger partial charge is 0.336 e. The molecule has 1 fully saturated rings. The lowest BCUT2D eigenvalue weighted by Crippen LogP contribution is -2.47. The Morgan fingerprint density at radius 1 is 1.58 bits per heavy atom. The molecule has 2 rings (SSSR count). The maximum absolute atomic E-state index is 11.5. The molecule has 1 saturated heterocycles. The Morgan fingerprint density at radius 3 is 3.05 bits per heavy atom. The molecule has 1 aromatic rings. The number of rotatable bonds is 2. The van der Waals surface area contributed by atoms with Crippen LogP contribution in [0.4, 0.5) is 5.69 Å². The fourth-order valence-corrected chi connectivity index (χ4v) is 2.30. The molecule has 0 bridgehead atoms. The highest BCUT2D eigenvalue weighted by Gasteiger charge is 2.29. The first kappa shape index (κ1) is 13.4. The van der Waals surface area contributed by atoms with Crippen molar-refractivity contribution in [2.45, 2.75) is 13.0 Å². The van der Waals surface area contributed by atoms with E-state index in [-0.39, 0.29) is 5.97 Å². The van der Waals surface area contributed by atoms with Crippen LogP contribution in [0.1, 0.15) is 11.1 Å². The monoisotopic (exact) mass is 260 g/mol. The first-order valence-electron chi connectivity index (χ1n) is 6.11. The third kappa shape index (κ3) is 2.69. The number of para-hydroxylation sites is 1. The van der Waals surface area contributed by atoms with E-state index in [1.54, 1.807) is 6.07 Å². The first-order chi connectivity index (χ1) is 9.17. The second-order valence-corrected chi connectivity index (χ2v) is 4.41. The number of methoxy groups -OCH3 is 1. The molecular weight excluding hydrogens is 244 g/mol. The van der Waals surface area contributed by atoms with Crippen molar-refractivity contribution in [3.05, 3.63) is 29.3 Å². The molecule has 0 saturated carbocycles. The number of hydrogen-bond acceptors (Lipinski definition) is 5. The van der Waals surface area contributed by atoms with E-state index in [9.17, 15) is 10.1 Å². The van der Waals surface area contributed by atoms with Crippen molar-refractivity contribution in [3.63, 3.8) is 0 Å². The molecule has 1 heterocycles. The number of nitrogens with zero attached hydrogens (tertiary/aromatic N) is 2.